The fraction of sp³-hybridized carbons (Fsp3) is 0.400. The summed E-state index contributed by atoms with van der Waals surface area (Å²) >= 11 is 0. The number of para-hydroxylation sites is 2. The molecule has 1 N–H and O–H groups in total. The van der Waals surface area contributed by atoms with E-state index in [2.05, 4.69) is 4.98 Å². The monoisotopic (exact) mass is 290 g/mol. The van der Waals surface area contributed by atoms with E-state index in [-0.39, 0.29) is 18.9 Å². The number of carboxylic acid groups (broad SMARTS) is 1. The first-order valence-electron chi connectivity index (χ1n) is 6.78. The molecule has 2 rings (SSSR count). The van der Waals surface area contributed by atoms with E-state index in [9.17, 15) is 9.59 Å². The van der Waals surface area contributed by atoms with Gasteiger partial charge in [0.15, 0.2) is 11.5 Å². The third kappa shape index (κ3) is 3.81. The summed E-state index contributed by atoms with van der Waals surface area (Å²) in [6.45, 7) is 1.77. The molecule has 0 saturated heterocycles. The van der Waals surface area contributed by atoms with Gasteiger partial charge < -0.3 is 14.4 Å². The average Bonchev–Trinajstić information content (AvgIpc) is 2.87. The highest BCUT2D eigenvalue weighted by atomic mass is 16.4. The zero-order chi connectivity index (χ0) is 15.4. The van der Waals surface area contributed by atoms with Gasteiger partial charge >= 0.3 is 5.97 Å². The SMILES string of the molecule is C[C@H](CN(C)C(=O)CCc1nc2ccccc2o1)C(=O)O. The molecular weight excluding hydrogens is 272 g/mol. The number of aromatic nitrogens is 1. The predicted molar refractivity (Wildman–Crippen MR) is 76.8 cm³/mol. The number of carboxylic acids is 1. The largest absolute Gasteiger partial charge is 0.481 e. The molecule has 112 valence electrons. The molecule has 0 fully saturated rings. The molecule has 0 bridgehead atoms. The zero-order valence-corrected chi connectivity index (χ0v) is 12.1. The summed E-state index contributed by atoms with van der Waals surface area (Å²) in [5.74, 6) is -1.09. The first kappa shape index (κ1) is 15.0. The van der Waals surface area contributed by atoms with Crippen molar-refractivity contribution in [3.8, 4) is 0 Å². The van der Waals surface area contributed by atoms with Crippen molar-refractivity contribution in [3.63, 3.8) is 0 Å². The fourth-order valence-corrected chi connectivity index (χ4v) is 2.02. The Morgan fingerprint density at radius 2 is 2.10 bits per heavy atom. The van der Waals surface area contributed by atoms with Crippen LogP contribution in [0.15, 0.2) is 28.7 Å². The minimum atomic E-state index is -0.909. The maximum Gasteiger partial charge on any atom is 0.308 e. The number of aliphatic carboxylic acids is 1. The van der Waals surface area contributed by atoms with Crippen molar-refractivity contribution in [1.29, 1.82) is 0 Å². The van der Waals surface area contributed by atoms with Crippen LogP contribution < -0.4 is 0 Å². The van der Waals surface area contributed by atoms with Crippen LogP contribution >= 0.6 is 0 Å². The van der Waals surface area contributed by atoms with Gasteiger partial charge in [-0.1, -0.05) is 19.1 Å². The van der Waals surface area contributed by atoms with Crippen molar-refractivity contribution < 1.29 is 19.1 Å². The number of hydrogen-bond acceptors (Lipinski definition) is 4. The van der Waals surface area contributed by atoms with E-state index in [1.165, 1.54) is 4.90 Å². The fourth-order valence-electron chi connectivity index (χ4n) is 2.02. The van der Waals surface area contributed by atoms with E-state index >= 15 is 0 Å². The van der Waals surface area contributed by atoms with Crippen molar-refractivity contribution >= 4 is 23.0 Å². The van der Waals surface area contributed by atoms with Crippen molar-refractivity contribution in [1.82, 2.24) is 9.88 Å². The Kier molecular flexibility index (Phi) is 4.57. The Bertz CT molecular complexity index is 617. The van der Waals surface area contributed by atoms with E-state index in [0.29, 0.717) is 17.9 Å². The van der Waals surface area contributed by atoms with E-state index in [0.717, 1.165) is 5.52 Å². The molecule has 1 aromatic carbocycles. The first-order valence-corrected chi connectivity index (χ1v) is 6.78. The van der Waals surface area contributed by atoms with Gasteiger partial charge in [-0.2, -0.15) is 0 Å². The number of oxazole rings is 1. The summed E-state index contributed by atoms with van der Waals surface area (Å²) in [6.07, 6.45) is 0.648. The number of amides is 1. The number of fused-ring (bicyclic) bond motifs is 1. The highest BCUT2D eigenvalue weighted by molar-refractivity contribution is 5.77. The lowest BCUT2D eigenvalue weighted by atomic mass is 10.1. The van der Waals surface area contributed by atoms with Gasteiger partial charge in [-0.3, -0.25) is 9.59 Å². The van der Waals surface area contributed by atoms with Gasteiger partial charge in [-0.05, 0) is 12.1 Å². The minimum absolute atomic E-state index is 0.120. The average molecular weight is 290 g/mol. The lowest BCUT2D eigenvalue weighted by Crippen LogP contribution is -2.33. The molecule has 1 heterocycles. The van der Waals surface area contributed by atoms with Crippen LogP contribution in [-0.4, -0.2) is 40.5 Å². The number of benzene rings is 1. The smallest absolute Gasteiger partial charge is 0.308 e. The molecule has 0 spiro atoms. The molecule has 0 radical (unpaired) electrons. The normalized spacial score (nSPS) is 12.3. The number of hydrogen-bond donors (Lipinski definition) is 1. The van der Waals surface area contributed by atoms with Crippen molar-refractivity contribution in [2.24, 2.45) is 5.92 Å². The highest BCUT2D eigenvalue weighted by Gasteiger charge is 2.18. The van der Waals surface area contributed by atoms with Crippen LogP contribution in [-0.2, 0) is 16.0 Å². The molecule has 2 aromatic rings. The van der Waals surface area contributed by atoms with Gasteiger partial charge in [0, 0.05) is 26.4 Å². The lowest BCUT2D eigenvalue weighted by molar-refractivity contribution is -0.142. The first-order chi connectivity index (χ1) is 9.97. The van der Waals surface area contributed by atoms with Crippen LogP contribution in [0.4, 0.5) is 0 Å². The van der Waals surface area contributed by atoms with Crippen LogP contribution in [0.1, 0.15) is 19.2 Å². The summed E-state index contributed by atoms with van der Waals surface area (Å²) in [4.78, 5) is 28.5. The Hall–Kier alpha value is -2.37. The van der Waals surface area contributed by atoms with Crippen LogP contribution in [0.25, 0.3) is 11.1 Å². The van der Waals surface area contributed by atoms with E-state index in [1.807, 2.05) is 24.3 Å². The van der Waals surface area contributed by atoms with Crippen LogP contribution in [0, 0.1) is 5.92 Å². The number of carbonyl (C=O) groups is 2. The van der Waals surface area contributed by atoms with Gasteiger partial charge in [-0.15, -0.1) is 0 Å². The third-order valence-corrected chi connectivity index (χ3v) is 3.29. The van der Waals surface area contributed by atoms with Crippen LogP contribution in [0.3, 0.4) is 0 Å². The molecule has 1 atom stereocenters. The summed E-state index contributed by atoms with van der Waals surface area (Å²) in [6, 6.07) is 7.42. The quantitative estimate of drug-likeness (QED) is 0.879. The molecule has 6 heteroatoms. The van der Waals surface area contributed by atoms with Gasteiger partial charge in [0.25, 0.3) is 0 Å². The van der Waals surface area contributed by atoms with Crippen LogP contribution in [0.5, 0.6) is 0 Å². The van der Waals surface area contributed by atoms with Crippen molar-refractivity contribution in [2.75, 3.05) is 13.6 Å². The van der Waals surface area contributed by atoms with Gasteiger partial charge in [0.05, 0.1) is 5.92 Å². The summed E-state index contributed by atoms with van der Waals surface area (Å²) in [5, 5.41) is 8.84. The summed E-state index contributed by atoms with van der Waals surface area (Å²) in [7, 11) is 1.60. The molecule has 0 unspecified atom stereocenters. The Labute approximate surface area is 122 Å². The van der Waals surface area contributed by atoms with E-state index < -0.39 is 11.9 Å². The molecule has 0 aliphatic rings. The Morgan fingerprint density at radius 1 is 1.38 bits per heavy atom. The maximum atomic E-state index is 12.0. The maximum absolute atomic E-state index is 12.0. The van der Waals surface area contributed by atoms with Gasteiger partial charge in [-0.25, -0.2) is 4.98 Å². The minimum Gasteiger partial charge on any atom is -0.481 e. The standard InChI is InChI=1S/C15H18N2O4/c1-10(15(19)20)9-17(2)14(18)8-7-13-16-11-5-3-4-6-12(11)21-13/h3-6,10H,7-9H2,1-2H3,(H,19,20)/t10-/m1/s1. The van der Waals surface area contributed by atoms with Gasteiger partial charge in [0.2, 0.25) is 5.91 Å². The van der Waals surface area contributed by atoms with E-state index in [4.69, 9.17) is 9.52 Å². The third-order valence-electron chi connectivity index (χ3n) is 3.29. The molecule has 0 aliphatic heterocycles. The second-order valence-corrected chi connectivity index (χ2v) is 5.09. The molecule has 1 amide bonds. The Morgan fingerprint density at radius 3 is 2.76 bits per heavy atom. The molecule has 21 heavy (non-hydrogen) atoms. The summed E-state index contributed by atoms with van der Waals surface area (Å²) < 4.78 is 5.54. The zero-order valence-electron chi connectivity index (χ0n) is 12.1. The van der Waals surface area contributed by atoms with Crippen LogP contribution in [0.2, 0.25) is 0 Å². The second kappa shape index (κ2) is 6.39. The number of carbonyl (C=O) groups excluding carboxylic acids is 1. The second-order valence-electron chi connectivity index (χ2n) is 5.09. The van der Waals surface area contributed by atoms with Crippen molar-refractivity contribution in [2.45, 2.75) is 19.8 Å². The number of rotatable bonds is 6. The van der Waals surface area contributed by atoms with Gasteiger partial charge in [0.1, 0.15) is 5.52 Å². The number of aryl methyl sites for hydroxylation is 1. The van der Waals surface area contributed by atoms with E-state index in [1.54, 1.807) is 14.0 Å². The predicted octanol–water partition coefficient (Wildman–Crippen LogP) is 1.94. The Balaban J connectivity index is 1.89. The van der Waals surface area contributed by atoms with Crippen molar-refractivity contribution in [3.05, 3.63) is 30.2 Å². The topological polar surface area (TPSA) is 83.6 Å². The lowest BCUT2D eigenvalue weighted by Gasteiger charge is -2.19. The molecule has 0 aliphatic carbocycles. The number of nitrogens with zero attached hydrogens (tertiary/aromatic N) is 2. The molecular formula is C15H18N2O4. The molecule has 6 nitrogen and oxygen atoms in total. The summed E-state index contributed by atoms with van der Waals surface area (Å²) in [5.41, 5.74) is 1.47. The highest BCUT2D eigenvalue weighted by Crippen LogP contribution is 2.16. The molecule has 1 aromatic heterocycles. The molecule has 0 saturated carbocycles.